The van der Waals surface area contributed by atoms with Gasteiger partial charge in [0.2, 0.25) is 0 Å². The predicted molar refractivity (Wildman–Crippen MR) is 93.4 cm³/mol. The Morgan fingerprint density at radius 2 is 1.67 bits per heavy atom. The lowest BCUT2D eigenvalue weighted by molar-refractivity contribution is -0.0563. The van der Waals surface area contributed by atoms with Crippen LogP contribution >= 0.6 is 0 Å². The van der Waals surface area contributed by atoms with Gasteiger partial charge in [0.25, 0.3) is 0 Å². The van der Waals surface area contributed by atoms with E-state index in [1.54, 1.807) is 24.1 Å². The molecule has 0 radical (unpaired) electrons. The summed E-state index contributed by atoms with van der Waals surface area (Å²) in [7, 11) is 1.73. The van der Waals surface area contributed by atoms with Gasteiger partial charge in [0.1, 0.15) is 5.82 Å². The fourth-order valence-corrected chi connectivity index (χ4v) is 5.93. The summed E-state index contributed by atoms with van der Waals surface area (Å²) in [6.45, 7) is 0.747. The third kappa shape index (κ3) is 3.03. The number of amides is 2. The number of nitrogens with zero attached hydrogens (tertiary/aromatic N) is 1. The van der Waals surface area contributed by atoms with Gasteiger partial charge in [-0.25, -0.2) is 9.18 Å². The van der Waals surface area contributed by atoms with Crippen molar-refractivity contribution in [2.24, 2.45) is 23.2 Å². The van der Waals surface area contributed by atoms with Crippen LogP contribution in [0.4, 0.5) is 14.9 Å². The molecule has 4 heteroatoms. The van der Waals surface area contributed by atoms with Crippen molar-refractivity contribution in [3.05, 3.63) is 30.1 Å². The first-order chi connectivity index (χ1) is 11.5. The fourth-order valence-electron chi connectivity index (χ4n) is 5.93. The Labute approximate surface area is 143 Å². The van der Waals surface area contributed by atoms with Gasteiger partial charge in [-0.15, -0.1) is 0 Å². The predicted octanol–water partition coefficient (Wildman–Crippen LogP) is 4.58. The Bertz CT molecular complexity index is 577. The molecule has 3 nitrogen and oxygen atoms in total. The van der Waals surface area contributed by atoms with Crippen LogP contribution in [-0.4, -0.2) is 19.6 Å². The quantitative estimate of drug-likeness (QED) is 0.861. The molecule has 1 aromatic carbocycles. The van der Waals surface area contributed by atoms with E-state index >= 15 is 0 Å². The van der Waals surface area contributed by atoms with E-state index in [0.29, 0.717) is 11.1 Å². The maximum Gasteiger partial charge on any atom is 0.321 e. The summed E-state index contributed by atoms with van der Waals surface area (Å²) in [6.07, 6.45) is 9.62. The van der Waals surface area contributed by atoms with Crippen LogP contribution in [0.25, 0.3) is 0 Å². The maximum atomic E-state index is 13.0. The van der Waals surface area contributed by atoms with Gasteiger partial charge in [-0.1, -0.05) is 0 Å². The number of carbonyl (C=O) groups excluding carboxylic acids is 1. The molecule has 0 saturated heterocycles. The lowest BCUT2D eigenvalue weighted by Crippen LogP contribution is -2.48. The summed E-state index contributed by atoms with van der Waals surface area (Å²) in [4.78, 5) is 13.9. The first-order valence-corrected chi connectivity index (χ1v) is 9.30. The summed E-state index contributed by atoms with van der Waals surface area (Å²) in [5.74, 6) is 2.57. The van der Waals surface area contributed by atoms with Crippen LogP contribution in [0.2, 0.25) is 0 Å². The van der Waals surface area contributed by atoms with E-state index in [1.165, 1.54) is 50.7 Å². The molecule has 0 heterocycles. The Morgan fingerprint density at radius 3 is 2.21 bits per heavy atom. The molecule has 4 aliphatic rings. The molecule has 0 aliphatic heterocycles. The Balaban J connectivity index is 1.31. The number of hydrogen-bond donors (Lipinski definition) is 1. The van der Waals surface area contributed by atoms with Gasteiger partial charge >= 0.3 is 6.03 Å². The van der Waals surface area contributed by atoms with E-state index in [1.807, 2.05) is 0 Å². The number of rotatable bonds is 4. The van der Waals surface area contributed by atoms with Gasteiger partial charge in [0, 0.05) is 19.3 Å². The number of anilines is 1. The van der Waals surface area contributed by atoms with Crippen molar-refractivity contribution in [2.75, 3.05) is 18.5 Å². The molecule has 0 spiro atoms. The summed E-state index contributed by atoms with van der Waals surface area (Å²) < 4.78 is 13.0. The van der Waals surface area contributed by atoms with Crippen molar-refractivity contribution in [2.45, 2.75) is 44.9 Å². The van der Waals surface area contributed by atoms with Crippen LogP contribution in [-0.2, 0) is 0 Å². The minimum absolute atomic E-state index is 0.105. The van der Waals surface area contributed by atoms with Crippen LogP contribution < -0.4 is 10.2 Å². The third-order valence-electron chi connectivity index (χ3n) is 6.62. The second kappa shape index (κ2) is 6.05. The largest absolute Gasteiger partial charge is 0.338 e. The molecular formula is C20H27FN2O. The molecule has 4 saturated carbocycles. The number of carbonyl (C=O) groups is 1. The van der Waals surface area contributed by atoms with Crippen LogP contribution in [0.15, 0.2) is 24.3 Å². The molecule has 2 amide bonds. The highest BCUT2D eigenvalue weighted by atomic mass is 19.1. The monoisotopic (exact) mass is 330 g/mol. The molecule has 24 heavy (non-hydrogen) atoms. The van der Waals surface area contributed by atoms with E-state index < -0.39 is 0 Å². The molecule has 1 N–H and O–H groups in total. The van der Waals surface area contributed by atoms with Gasteiger partial charge in [0.05, 0.1) is 0 Å². The van der Waals surface area contributed by atoms with Crippen LogP contribution in [0.5, 0.6) is 0 Å². The lowest BCUT2D eigenvalue weighted by Gasteiger charge is -2.57. The van der Waals surface area contributed by atoms with E-state index in [2.05, 4.69) is 5.32 Å². The van der Waals surface area contributed by atoms with Gasteiger partial charge in [-0.3, -0.25) is 4.90 Å². The number of urea groups is 1. The molecule has 4 aliphatic carbocycles. The van der Waals surface area contributed by atoms with E-state index in [-0.39, 0.29) is 11.8 Å². The zero-order valence-corrected chi connectivity index (χ0v) is 14.4. The van der Waals surface area contributed by atoms with E-state index in [0.717, 1.165) is 30.7 Å². The Kier molecular flexibility index (Phi) is 4.01. The Hall–Kier alpha value is -1.58. The standard InChI is InChI=1S/C20H27FN2O/c1-23(18-4-2-17(21)3-5-18)19(24)22-7-6-20-11-14-8-15(12-20)10-16(9-14)13-20/h2-5,14-16H,6-13H2,1H3,(H,22,24). The number of halogens is 1. The van der Waals surface area contributed by atoms with Gasteiger partial charge < -0.3 is 5.32 Å². The highest BCUT2D eigenvalue weighted by Crippen LogP contribution is 2.61. The van der Waals surface area contributed by atoms with E-state index in [9.17, 15) is 9.18 Å². The molecule has 130 valence electrons. The third-order valence-corrected chi connectivity index (χ3v) is 6.62. The lowest BCUT2D eigenvalue weighted by atomic mass is 9.49. The Morgan fingerprint density at radius 1 is 1.12 bits per heavy atom. The summed E-state index contributed by atoms with van der Waals surface area (Å²) in [6, 6.07) is 5.93. The minimum Gasteiger partial charge on any atom is -0.338 e. The van der Waals surface area contributed by atoms with Crippen molar-refractivity contribution in [1.29, 1.82) is 0 Å². The van der Waals surface area contributed by atoms with Crippen molar-refractivity contribution in [1.82, 2.24) is 5.32 Å². The highest BCUT2D eigenvalue weighted by Gasteiger charge is 2.50. The van der Waals surface area contributed by atoms with E-state index in [4.69, 9.17) is 0 Å². The fraction of sp³-hybridized carbons (Fsp3) is 0.650. The molecule has 0 aromatic heterocycles. The smallest absolute Gasteiger partial charge is 0.321 e. The van der Waals surface area contributed by atoms with Crippen LogP contribution in [0, 0.1) is 29.0 Å². The van der Waals surface area contributed by atoms with Crippen molar-refractivity contribution in [3.63, 3.8) is 0 Å². The molecular weight excluding hydrogens is 303 g/mol. The second-order valence-electron chi connectivity index (χ2n) is 8.43. The summed E-state index contributed by atoms with van der Waals surface area (Å²) >= 11 is 0. The zero-order valence-electron chi connectivity index (χ0n) is 14.4. The number of benzene rings is 1. The maximum absolute atomic E-state index is 13.0. The second-order valence-corrected chi connectivity index (χ2v) is 8.43. The molecule has 1 aromatic rings. The zero-order chi connectivity index (χ0) is 16.7. The van der Waals surface area contributed by atoms with Gasteiger partial charge in [0.15, 0.2) is 0 Å². The normalized spacial score (nSPS) is 33.5. The minimum atomic E-state index is -0.283. The van der Waals surface area contributed by atoms with Gasteiger partial charge in [-0.05, 0) is 92.4 Å². The SMILES string of the molecule is CN(C(=O)NCCC12CC3CC(CC(C3)C1)C2)c1ccc(F)cc1. The molecule has 5 rings (SSSR count). The van der Waals surface area contributed by atoms with Gasteiger partial charge in [-0.2, -0.15) is 0 Å². The topological polar surface area (TPSA) is 32.3 Å². The van der Waals surface area contributed by atoms with Crippen molar-refractivity contribution in [3.8, 4) is 0 Å². The number of hydrogen-bond acceptors (Lipinski definition) is 1. The van der Waals surface area contributed by atoms with Crippen molar-refractivity contribution < 1.29 is 9.18 Å². The molecule has 4 bridgehead atoms. The highest BCUT2D eigenvalue weighted by molar-refractivity contribution is 5.91. The molecule has 0 atom stereocenters. The van der Waals surface area contributed by atoms with Crippen molar-refractivity contribution >= 4 is 11.7 Å². The summed E-state index contributed by atoms with van der Waals surface area (Å²) in [5.41, 5.74) is 1.21. The first kappa shape index (κ1) is 15.9. The molecule has 4 fully saturated rings. The average molecular weight is 330 g/mol. The van der Waals surface area contributed by atoms with Crippen LogP contribution in [0.1, 0.15) is 44.9 Å². The number of nitrogens with one attached hydrogen (secondary N) is 1. The van der Waals surface area contributed by atoms with Crippen LogP contribution in [0.3, 0.4) is 0 Å². The summed E-state index contributed by atoms with van der Waals surface area (Å²) in [5, 5.41) is 3.06. The average Bonchev–Trinajstić information content (AvgIpc) is 2.53. The first-order valence-electron chi connectivity index (χ1n) is 9.30. The molecule has 0 unspecified atom stereocenters.